The van der Waals surface area contributed by atoms with Crippen LogP contribution in [0.25, 0.3) is 0 Å². The molecule has 1 atom stereocenters. The van der Waals surface area contributed by atoms with Crippen LogP contribution in [-0.2, 0) is 13.0 Å². The van der Waals surface area contributed by atoms with Crippen LogP contribution in [0.3, 0.4) is 0 Å². The van der Waals surface area contributed by atoms with Gasteiger partial charge in [-0.05, 0) is 18.2 Å². The molecule has 2 N–H and O–H groups in total. The zero-order valence-electron chi connectivity index (χ0n) is 13.4. The molecule has 4 rings (SSSR count). The summed E-state index contributed by atoms with van der Waals surface area (Å²) in [5.41, 5.74) is 3.45. The molecule has 0 saturated heterocycles. The Hall–Kier alpha value is -2.37. The summed E-state index contributed by atoms with van der Waals surface area (Å²) in [5, 5.41) is 3.84. The summed E-state index contributed by atoms with van der Waals surface area (Å²) in [6.45, 7) is 0.927. The number of hydrogen-bond acceptors (Lipinski definition) is 3. The molecule has 128 valence electrons. The van der Waals surface area contributed by atoms with E-state index in [0.29, 0.717) is 16.3 Å². The van der Waals surface area contributed by atoms with Crippen LogP contribution in [-0.4, -0.2) is 16.5 Å². The van der Waals surface area contributed by atoms with Crippen LogP contribution < -0.4 is 10.1 Å². The molecule has 3 aromatic rings. The summed E-state index contributed by atoms with van der Waals surface area (Å²) in [6.07, 6.45) is 2.63. The summed E-state index contributed by atoms with van der Waals surface area (Å²) in [7, 11) is 0. The Morgan fingerprint density at radius 3 is 2.96 bits per heavy atom. The lowest BCUT2D eigenvalue weighted by Crippen LogP contribution is -2.31. The zero-order valence-corrected chi connectivity index (χ0v) is 14.2. The molecule has 4 nitrogen and oxygen atoms in total. The smallest absolute Gasteiger partial charge is 0.131 e. The Bertz CT molecular complexity index is 876. The van der Waals surface area contributed by atoms with Crippen molar-refractivity contribution in [3.63, 3.8) is 0 Å². The minimum atomic E-state index is -0.365. The van der Waals surface area contributed by atoms with Gasteiger partial charge in [-0.3, -0.25) is 0 Å². The van der Waals surface area contributed by atoms with E-state index in [4.69, 9.17) is 16.3 Å². The third-order valence-electron chi connectivity index (χ3n) is 4.41. The average molecular weight is 358 g/mol. The molecule has 1 aliphatic heterocycles. The molecule has 2 heterocycles. The van der Waals surface area contributed by atoms with Crippen molar-refractivity contribution in [1.29, 1.82) is 0 Å². The number of rotatable bonds is 4. The van der Waals surface area contributed by atoms with Crippen LogP contribution in [0.5, 0.6) is 5.75 Å². The fraction of sp³-hybridized carbons (Fsp3) is 0.211. The predicted octanol–water partition coefficient (Wildman–Crippen LogP) is 4.02. The fourth-order valence-corrected chi connectivity index (χ4v) is 3.36. The van der Waals surface area contributed by atoms with Gasteiger partial charge in [0.1, 0.15) is 18.2 Å². The number of ether oxygens (including phenoxy) is 1. The summed E-state index contributed by atoms with van der Waals surface area (Å²) >= 11 is 6.09. The second kappa shape index (κ2) is 6.86. The van der Waals surface area contributed by atoms with Crippen LogP contribution in [0.4, 0.5) is 4.39 Å². The number of halogens is 2. The highest BCUT2D eigenvalue weighted by Gasteiger charge is 2.26. The Labute approximate surface area is 150 Å². The van der Waals surface area contributed by atoms with Crippen LogP contribution in [0.2, 0.25) is 5.02 Å². The summed E-state index contributed by atoms with van der Waals surface area (Å²) in [5.74, 6) is 0.325. The van der Waals surface area contributed by atoms with Crippen molar-refractivity contribution in [1.82, 2.24) is 15.3 Å². The molecular weight excluding hydrogens is 341 g/mol. The number of hydrogen-bond donors (Lipinski definition) is 2. The van der Waals surface area contributed by atoms with E-state index in [9.17, 15) is 4.39 Å². The number of fused-ring (bicyclic) bond motifs is 1. The normalized spacial score (nSPS) is 16.5. The van der Waals surface area contributed by atoms with Crippen molar-refractivity contribution in [2.24, 2.45) is 0 Å². The minimum absolute atomic E-state index is 0.0534. The van der Waals surface area contributed by atoms with Gasteiger partial charge >= 0.3 is 0 Å². The Morgan fingerprint density at radius 2 is 2.08 bits per heavy atom. The first kappa shape index (κ1) is 16.1. The molecule has 6 heteroatoms. The molecule has 0 fully saturated rings. The molecule has 0 amide bonds. The largest absolute Gasteiger partial charge is 0.488 e. The van der Waals surface area contributed by atoms with Gasteiger partial charge in [-0.25, -0.2) is 9.37 Å². The molecule has 0 bridgehead atoms. The highest BCUT2D eigenvalue weighted by molar-refractivity contribution is 6.31. The topological polar surface area (TPSA) is 49.9 Å². The monoisotopic (exact) mass is 357 g/mol. The summed E-state index contributed by atoms with van der Waals surface area (Å²) < 4.78 is 19.9. The van der Waals surface area contributed by atoms with Crippen LogP contribution in [0.1, 0.15) is 28.6 Å². The molecule has 0 saturated carbocycles. The van der Waals surface area contributed by atoms with Crippen molar-refractivity contribution < 1.29 is 9.13 Å². The van der Waals surface area contributed by atoms with Crippen molar-refractivity contribution >= 4 is 11.6 Å². The first-order chi connectivity index (χ1) is 12.2. The van der Waals surface area contributed by atoms with E-state index in [-0.39, 0.29) is 18.5 Å². The van der Waals surface area contributed by atoms with E-state index in [1.807, 2.05) is 24.3 Å². The van der Waals surface area contributed by atoms with E-state index >= 15 is 0 Å². The number of imidazole rings is 1. The van der Waals surface area contributed by atoms with Gasteiger partial charge in [-0.15, -0.1) is 0 Å². The van der Waals surface area contributed by atoms with Crippen molar-refractivity contribution in [2.75, 3.05) is 6.54 Å². The zero-order chi connectivity index (χ0) is 17.2. The third kappa shape index (κ3) is 3.13. The molecule has 2 aromatic carbocycles. The molecule has 0 aliphatic carbocycles. The second-order valence-electron chi connectivity index (χ2n) is 5.93. The van der Waals surface area contributed by atoms with E-state index in [2.05, 4.69) is 15.3 Å². The van der Waals surface area contributed by atoms with Crippen LogP contribution in [0, 0.1) is 5.82 Å². The van der Waals surface area contributed by atoms with Crippen LogP contribution in [0.15, 0.2) is 48.8 Å². The summed E-state index contributed by atoms with van der Waals surface area (Å²) in [6, 6.07) is 12.3. The second-order valence-corrected chi connectivity index (χ2v) is 6.34. The molecule has 1 aliphatic rings. The predicted molar refractivity (Wildman–Crippen MR) is 94.3 cm³/mol. The maximum Gasteiger partial charge on any atom is 0.131 e. The minimum Gasteiger partial charge on any atom is -0.488 e. The molecule has 1 aromatic heterocycles. The standard InChI is InChI=1S/C19H17ClFN3O/c20-14-5-3-6-15(21)13(14)10-25-17-7-2-1-4-12(17)18-19-16(8-9-22-18)23-11-24-19/h1-7,11,18,22H,8-10H2,(H,23,24)/t18-/m0/s1. The highest BCUT2D eigenvalue weighted by atomic mass is 35.5. The van der Waals surface area contributed by atoms with Gasteiger partial charge in [0.2, 0.25) is 0 Å². The molecule has 0 unspecified atom stereocenters. The van der Waals surface area contributed by atoms with Gasteiger partial charge < -0.3 is 15.0 Å². The van der Waals surface area contributed by atoms with E-state index < -0.39 is 0 Å². The summed E-state index contributed by atoms with van der Waals surface area (Å²) in [4.78, 5) is 7.64. The van der Waals surface area contributed by atoms with Gasteiger partial charge in [0.05, 0.1) is 23.1 Å². The number of aromatic amines is 1. The van der Waals surface area contributed by atoms with Gasteiger partial charge in [0.15, 0.2) is 0 Å². The number of benzene rings is 2. The Morgan fingerprint density at radius 1 is 1.20 bits per heavy atom. The Kier molecular flexibility index (Phi) is 4.42. The van der Waals surface area contributed by atoms with Gasteiger partial charge in [-0.1, -0.05) is 35.9 Å². The van der Waals surface area contributed by atoms with Gasteiger partial charge in [0.25, 0.3) is 0 Å². The molecular formula is C19H17ClFN3O. The number of para-hydroxylation sites is 1. The fourth-order valence-electron chi connectivity index (χ4n) is 3.15. The highest BCUT2D eigenvalue weighted by Crippen LogP contribution is 2.33. The average Bonchev–Trinajstić information content (AvgIpc) is 3.10. The lowest BCUT2D eigenvalue weighted by atomic mass is 9.97. The molecule has 0 radical (unpaired) electrons. The number of H-pyrrole nitrogens is 1. The number of nitrogens with one attached hydrogen (secondary N) is 2. The first-order valence-corrected chi connectivity index (χ1v) is 8.52. The third-order valence-corrected chi connectivity index (χ3v) is 4.77. The van der Waals surface area contributed by atoms with E-state index in [0.717, 1.165) is 29.9 Å². The lowest BCUT2D eigenvalue weighted by Gasteiger charge is -2.25. The van der Waals surface area contributed by atoms with Crippen molar-refractivity contribution in [2.45, 2.75) is 19.1 Å². The van der Waals surface area contributed by atoms with Crippen molar-refractivity contribution in [3.05, 3.63) is 82.1 Å². The van der Waals surface area contributed by atoms with Crippen LogP contribution >= 0.6 is 11.6 Å². The first-order valence-electron chi connectivity index (χ1n) is 8.14. The molecule has 0 spiro atoms. The van der Waals surface area contributed by atoms with Crippen molar-refractivity contribution in [3.8, 4) is 5.75 Å². The maximum atomic E-state index is 14.0. The Balaban J connectivity index is 1.63. The van der Waals surface area contributed by atoms with E-state index in [1.54, 1.807) is 18.5 Å². The number of aromatic nitrogens is 2. The number of nitrogens with zero attached hydrogens (tertiary/aromatic N) is 1. The quantitative estimate of drug-likeness (QED) is 0.741. The maximum absolute atomic E-state index is 14.0. The van der Waals surface area contributed by atoms with E-state index in [1.165, 1.54) is 6.07 Å². The van der Waals surface area contributed by atoms with Gasteiger partial charge in [0, 0.05) is 29.8 Å². The van der Waals surface area contributed by atoms with Gasteiger partial charge in [-0.2, -0.15) is 0 Å². The molecule has 25 heavy (non-hydrogen) atoms. The lowest BCUT2D eigenvalue weighted by molar-refractivity contribution is 0.294. The SMILES string of the molecule is Fc1cccc(Cl)c1COc1ccccc1[C@@H]1NCCc2[nH]cnc21.